The van der Waals surface area contributed by atoms with Crippen molar-refractivity contribution >= 4 is 0 Å². The Kier molecular flexibility index (Phi) is 5.78. The summed E-state index contributed by atoms with van der Waals surface area (Å²) in [6, 6.07) is 0. The lowest BCUT2D eigenvalue weighted by molar-refractivity contribution is -0.168. The lowest BCUT2D eigenvalue weighted by atomic mass is 10.2. The molecular formula is C10H18O4. The van der Waals surface area contributed by atoms with Crippen molar-refractivity contribution in [2.45, 2.75) is 32.2 Å². The van der Waals surface area contributed by atoms with Gasteiger partial charge in [-0.05, 0) is 18.9 Å². The van der Waals surface area contributed by atoms with E-state index in [-0.39, 0.29) is 19.2 Å². The molecule has 1 aliphatic rings. The molecule has 14 heavy (non-hydrogen) atoms. The molecule has 0 radical (unpaired) electrons. The number of aliphatic hydroxyl groups excluding tert-OH is 1. The highest BCUT2D eigenvalue weighted by Crippen LogP contribution is 2.13. The Morgan fingerprint density at radius 2 is 2.43 bits per heavy atom. The van der Waals surface area contributed by atoms with Gasteiger partial charge in [-0.1, -0.05) is 13.0 Å². The summed E-state index contributed by atoms with van der Waals surface area (Å²) in [4.78, 5) is 0. The van der Waals surface area contributed by atoms with E-state index in [0.29, 0.717) is 13.2 Å². The monoisotopic (exact) mass is 202 g/mol. The van der Waals surface area contributed by atoms with Gasteiger partial charge in [-0.3, -0.25) is 0 Å². The van der Waals surface area contributed by atoms with Crippen molar-refractivity contribution in [1.82, 2.24) is 0 Å². The first-order valence-corrected chi connectivity index (χ1v) is 4.99. The van der Waals surface area contributed by atoms with Crippen molar-refractivity contribution in [1.29, 1.82) is 0 Å². The number of aliphatic hydroxyl groups is 1. The van der Waals surface area contributed by atoms with Crippen molar-refractivity contribution in [3.05, 3.63) is 12.2 Å². The summed E-state index contributed by atoms with van der Waals surface area (Å²) in [5.41, 5.74) is 0. The minimum atomic E-state index is -0.260. The third kappa shape index (κ3) is 4.19. The molecule has 0 fully saturated rings. The van der Waals surface area contributed by atoms with E-state index in [9.17, 15) is 0 Å². The van der Waals surface area contributed by atoms with Gasteiger partial charge in [0.15, 0.2) is 6.29 Å². The fourth-order valence-electron chi connectivity index (χ4n) is 1.25. The van der Waals surface area contributed by atoms with Gasteiger partial charge in [0.25, 0.3) is 0 Å². The van der Waals surface area contributed by atoms with Gasteiger partial charge >= 0.3 is 0 Å². The van der Waals surface area contributed by atoms with Crippen LogP contribution in [0.5, 0.6) is 0 Å². The van der Waals surface area contributed by atoms with E-state index in [1.54, 1.807) is 0 Å². The van der Waals surface area contributed by atoms with Crippen molar-refractivity contribution in [3.8, 4) is 0 Å². The summed E-state index contributed by atoms with van der Waals surface area (Å²) in [5, 5.41) is 8.48. The fourth-order valence-corrected chi connectivity index (χ4v) is 1.25. The first-order chi connectivity index (χ1) is 6.86. The number of rotatable bonds is 6. The first-order valence-electron chi connectivity index (χ1n) is 4.99. The first kappa shape index (κ1) is 11.7. The molecule has 0 aromatic rings. The zero-order valence-corrected chi connectivity index (χ0v) is 8.52. The van der Waals surface area contributed by atoms with E-state index < -0.39 is 0 Å². The zero-order valence-electron chi connectivity index (χ0n) is 8.52. The summed E-state index contributed by atoms with van der Waals surface area (Å²) >= 11 is 0. The number of hydrogen-bond acceptors (Lipinski definition) is 4. The molecular weight excluding hydrogens is 184 g/mol. The van der Waals surface area contributed by atoms with Crippen LogP contribution in [0.1, 0.15) is 19.8 Å². The molecule has 4 nitrogen and oxygen atoms in total. The lowest BCUT2D eigenvalue weighted by Crippen LogP contribution is -2.30. The summed E-state index contributed by atoms with van der Waals surface area (Å²) in [5.74, 6) is 0. The highest BCUT2D eigenvalue weighted by molar-refractivity contribution is 4.92. The molecule has 0 aromatic carbocycles. The molecule has 1 rings (SSSR count). The van der Waals surface area contributed by atoms with Gasteiger partial charge in [-0.15, -0.1) is 0 Å². The van der Waals surface area contributed by atoms with Gasteiger partial charge in [0.1, 0.15) is 6.79 Å². The Hall–Kier alpha value is -0.420. The molecule has 0 spiro atoms. The van der Waals surface area contributed by atoms with Crippen molar-refractivity contribution in [3.63, 3.8) is 0 Å². The Morgan fingerprint density at radius 3 is 3.14 bits per heavy atom. The predicted octanol–water partition coefficient (Wildman–Crippen LogP) is 1.05. The van der Waals surface area contributed by atoms with Gasteiger partial charge < -0.3 is 19.3 Å². The molecule has 82 valence electrons. The van der Waals surface area contributed by atoms with Crippen LogP contribution < -0.4 is 0 Å². The minimum absolute atomic E-state index is 0.00555. The smallest absolute Gasteiger partial charge is 0.177 e. The highest BCUT2D eigenvalue weighted by atomic mass is 16.7. The van der Waals surface area contributed by atoms with E-state index in [1.165, 1.54) is 0 Å². The minimum Gasteiger partial charge on any atom is -0.371 e. The Morgan fingerprint density at radius 1 is 1.57 bits per heavy atom. The van der Waals surface area contributed by atoms with Crippen LogP contribution in [-0.2, 0) is 14.2 Å². The average molecular weight is 202 g/mol. The molecule has 1 aliphatic heterocycles. The molecule has 0 bridgehead atoms. The van der Waals surface area contributed by atoms with Crippen molar-refractivity contribution < 1.29 is 19.3 Å². The summed E-state index contributed by atoms with van der Waals surface area (Å²) in [6.45, 7) is 2.90. The second-order valence-corrected chi connectivity index (χ2v) is 3.16. The van der Waals surface area contributed by atoms with Crippen molar-refractivity contribution in [2.24, 2.45) is 0 Å². The third-order valence-electron chi connectivity index (χ3n) is 1.90. The number of ether oxygens (including phenoxy) is 3. The largest absolute Gasteiger partial charge is 0.371 e. The predicted molar refractivity (Wildman–Crippen MR) is 51.7 cm³/mol. The van der Waals surface area contributed by atoms with E-state index in [4.69, 9.17) is 19.3 Å². The topological polar surface area (TPSA) is 47.9 Å². The van der Waals surface area contributed by atoms with Crippen LogP contribution in [0, 0.1) is 0 Å². The molecule has 1 N–H and O–H groups in total. The van der Waals surface area contributed by atoms with E-state index in [0.717, 1.165) is 12.8 Å². The molecule has 4 heteroatoms. The van der Waals surface area contributed by atoms with Crippen LogP contribution in [-0.4, -0.2) is 37.5 Å². The fraction of sp³-hybridized carbons (Fsp3) is 0.800. The van der Waals surface area contributed by atoms with Gasteiger partial charge in [0, 0.05) is 6.61 Å². The normalized spacial score (nSPS) is 26.7. The van der Waals surface area contributed by atoms with Gasteiger partial charge in [0.05, 0.1) is 12.7 Å². The quantitative estimate of drug-likeness (QED) is 0.516. The Balaban J connectivity index is 2.21. The van der Waals surface area contributed by atoms with Crippen molar-refractivity contribution in [2.75, 3.05) is 20.0 Å². The van der Waals surface area contributed by atoms with Crippen LogP contribution >= 0.6 is 0 Å². The Labute approximate surface area is 84.5 Å². The van der Waals surface area contributed by atoms with Gasteiger partial charge in [-0.2, -0.15) is 0 Å². The second kappa shape index (κ2) is 6.95. The van der Waals surface area contributed by atoms with E-state index >= 15 is 0 Å². The van der Waals surface area contributed by atoms with Crippen LogP contribution in [0.25, 0.3) is 0 Å². The number of hydrogen-bond donors (Lipinski definition) is 1. The molecule has 0 aliphatic carbocycles. The van der Waals surface area contributed by atoms with Crippen LogP contribution in [0.2, 0.25) is 0 Å². The van der Waals surface area contributed by atoms with Crippen LogP contribution in [0.4, 0.5) is 0 Å². The van der Waals surface area contributed by atoms with Gasteiger partial charge in [0.2, 0.25) is 0 Å². The molecule has 0 saturated carbocycles. The maximum absolute atomic E-state index is 8.48. The SMILES string of the molecule is CCCOC1C=CCC(COCO)O1. The maximum atomic E-state index is 8.48. The summed E-state index contributed by atoms with van der Waals surface area (Å²) < 4.78 is 15.8. The lowest BCUT2D eigenvalue weighted by Gasteiger charge is -2.25. The van der Waals surface area contributed by atoms with Crippen LogP contribution in [0.15, 0.2) is 12.2 Å². The molecule has 1 heterocycles. The Bertz CT molecular complexity index is 170. The highest BCUT2D eigenvalue weighted by Gasteiger charge is 2.18. The molecule has 2 atom stereocenters. The molecule has 0 aromatic heterocycles. The summed E-state index contributed by atoms with van der Waals surface area (Å²) in [6.07, 6.45) is 5.46. The van der Waals surface area contributed by atoms with Crippen LogP contribution in [0.3, 0.4) is 0 Å². The van der Waals surface area contributed by atoms with E-state index in [2.05, 4.69) is 6.92 Å². The zero-order chi connectivity index (χ0) is 10.2. The molecule has 2 unspecified atom stereocenters. The molecule has 0 amide bonds. The third-order valence-corrected chi connectivity index (χ3v) is 1.90. The summed E-state index contributed by atoms with van der Waals surface area (Å²) in [7, 11) is 0. The van der Waals surface area contributed by atoms with Gasteiger partial charge in [-0.25, -0.2) is 0 Å². The standard InChI is InChI=1S/C10H18O4/c1-2-6-13-10-5-3-4-9(14-10)7-12-8-11/h3,5,9-11H,2,4,6-8H2,1H3. The van der Waals surface area contributed by atoms with E-state index in [1.807, 2.05) is 12.2 Å². The second-order valence-electron chi connectivity index (χ2n) is 3.16. The maximum Gasteiger partial charge on any atom is 0.177 e. The molecule has 0 saturated heterocycles. The average Bonchev–Trinajstić information content (AvgIpc) is 2.24.